The van der Waals surface area contributed by atoms with Gasteiger partial charge < -0.3 is 25.5 Å². The molecule has 190 valence electrons. The van der Waals surface area contributed by atoms with Gasteiger partial charge in [0.25, 0.3) is 5.91 Å². The molecule has 0 aliphatic heterocycles. The second kappa shape index (κ2) is 11.5. The van der Waals surface area contributed by atoms with E-state index in [-0.39, 0.29) is 17.7 Å². The number of benzene rings is 2. The molecule has 1 aromatic heterocycles. The maximum absolute atomic E-state index is 12.7. The Balaban J connectivity index is 1.60. The van der Waals surface area contributed by atoms with Crippen molar-refractivity contribution in [2.75, 3.05) is 6.61 Å². The van der Waals surface area contributed by atoms with Gasteiger partial charge in [-0.1, -0.05) is 24.3 Å². The Morgan fingerprint density at radius 2 is 1.72 bits per heavy atom. The van der Waals surface area contributed by atoms with Gasteiger partial charge in [0.2, 0.25) is 0 Å². The topological polar surface area (TPSA) is 136 Å². The molecule has 4 N–H and O–H groups in total. The van der Waals surface area contributed by atoms with Crippen LogP contribution < -0.4 is 11.1 Å². The van der Waals surface area contributed by atoms with Crippen LogP contribution in [-0.4, -0.2) is 41.0 Å². The second-order valence-electron chi connectivity index (χ2n) is 9.27. The quantitative estimate of drug-likeness (QED) is 0.245. The molecule has 2 amide bonds. The maximum Gasteiger partial charge on any atom is 0.436 e. The molecular formula is C27H32N4O5. The van der Waals surface area contributed by atoms with Crippen LogP contribution in [0.4, 0.5) is 4.79 Å². The fourth-order valence-electron chi connectivity index (χ4n) is 3.44. The monoisotopic (exact) mass is 492 g/mol. The summed E-state index contributed by atoms with van der Waals surface area (Å²) in [6.45, 7) is 7.77. The molecule has 0 aliphatic carbocycles. The molecule has 0 atom stereocenters. The molecule has 0 aliphatic rings. The van der Waals surface area contributed by atoms with Crippen molar-refractivity contribution in [2.45, 2.75) is 52.7 Å². The number of aromatic amines is 1. The lowest BCUT2D eigenvalue weighted by Gasteiger charge is -2.17. The molecular weight excluding hydrogens is 460 g/mol. The van der Waals surface area contributed by atoms with Gasteiger partial charge in [-0.25, -0.2) is 4.79 Å². The predicted octanol–water partition coefficient (Wildman–Crippen LogP) is 4.23. The van der Waals surface area contributed by atoms with E-state index in [2.05, 4.69) is 15.3 Å². The van der Waals surface area contributed by atoms with Crippen molar-refractivity contribution in [3.8, 4) is 0 Å². The summed E-state index contributed by atoms with van der Waals surface area (Å²) in [5, 5.41) is 3.65. The fraction of sp³-hybridized carbons (Fsp3) is 0.333. The highest BCUT2D eigenvalue weighted by Crippen LogP contribution is 2.18. The SMILES string of the molecule is CCOC(=O)CCc1ccc(CNC(=O)c2cc3cc(/C(N)=N\C(=O)OC(C)(C)C)ccc3[nH]2)cc1. The molecule has 0 bridgehead atoms. The average molecular weight is 493 g/mol. The molecule has 0 saturated heterocycles. The van der Waals surface area contributed by atoms with Gasteiger partial charge in [-0.3, -0.25) is 9.59 Å². The molecule has 9 nitrogen and oxygen atoms in total. The first-order valence-electron chi connectivity index (χ1n) is 11.8. The highest BCUT2D eigenvalue weighted by atomic mass is 16.6. The fourth-order valence-corrected chi connectivity index (χ4v) is 3.44. The Morgan fingerprint density at radius 1 is 1.03 bits per heavy atom. The molecule has 0 radical (unpaired) electrons. The Bertz CT molecular complexity index is 1270. The minimum absolute atomic E-state index is 0.0315. The number of nitrogens with one attached hydrogen (secondary N) is 2. The van der Waals surface area contributed by atoms with E-state index in [0.717, 1.165) is 22.0 Å². The molecule has 9 heteroatoms. The summed E-state index contributed by atoms with van der Waals surface area (Å²) in [7, 11) is 0. The van der Waals surface area contributed by atoms with Gasteiger partial charge >= 0.3 is 12.1 Å². The summed E-state index contributed by atoms with van der Waals surface area (Å²) >= 11 is 0. The maximum atomic E-state index is 12.7. The third-order valence-corrected chi connectivity index (χ3v) is 5.17. The van der Waals surface area contributed by atoms with E-state index in [1.165, 1.54) is 0 Å². The van der Waals surface area contributed by atoms with Crippen molar-refractivity contribution in [2.24, 2.45) is 10.7 Å². The van der Waals surface area contributed by atoms with Gasteiger partial charge in [0.1, 0.15) is 17.1 Å². The van der Waals surface area contributed by atoms with E-state index in [1.54, 1.807) is 52.0 Å². The van der Waals surface area contributed by atoms with Crippen LogP contribution >= 0.6 is 0 Å². The van der Waals surface area contributed by atoms with Crippen molar-refractivity contribution in [3.63, 3.8) is 0 Å². The van der Waals surface area contributed by atoms with Crippen LogP contribution in [0.2, 0.25) is 0 Å². The van der Waals surface area contributed by atoms with Gasteiger partial charge in [-0.15, -0.1) is 0 Å². The minimum Gasteiger partial charge on any atom is -0.466 e. The molecule has 2 aromatic carbocycles. The number of rotatable bonds is 8. The molecule has 36 heavy (non-hydrogen) atoms. The van der Waals surface area contributed by atoms with Gasteiger partial charge in [0, 0.05) is 29.4 Å². The van der Waals surface area contributed by atoms with E-state index in [0.29, 0.717) is 37.3 Å². The molecule has 1 heterocycles. The van der Waals surface area contributed by atoms with Crippen LogP contribution in [0.25, 0.3) is 10.9 Å². The number of amides is 2. The Hall–Kier alpha value is -4.14. The lowest BCUT2D eigenvalue weighted by Crippen LogP contribution is -2.24. The molecule has 3 aromatic rings. The number of aromatic nitrogens is 1. The second-order valence-corrected chi connectivity index (χ2v) is 9.27. The number of carbonyl (C=O) groups excluding carboxylic acids is 3. The lowest BCUT2D eigenvalue weighted by molar-refractivity contribution is -0.143. The first kappa shape index (κ1) is 26.5. The largest absolute Gasteiger partial charge is 0.466 e. The average Bonchev–Trinajstić information content (AvgIpc) is 3.24. The first-order valence-corrected chi connectivity index (χ1v) is 11.8. The van der Waals surface area contributed by atoms with E-state index in [4.69, 9.17) is 15.2 Å². The van der Waals surface area contributed by atoms with Crippen molar-refractivity contribution in [3.05, 3.63) is 70.9 Å². The van der Waals surface area contributed by atoms with E-state index in [9.17, 15) is 14.4 Å². The first-order chi connectivity index (χ1) is 17.0. The van der Waals surface area contributed by atoms with E-state index < -0.39 is 11.7 Å². The Kier molecular flexibility index (Phi) is 8.47. The Labute approximate surface area is 210 Å². The number of carbonyl (C=O) groups is 3. The Morgan fingerprint density at radius 3 is 2.39 bits per heavy atom. The number of fused-ring (bicyclic) bond motifs is 1. The number of aliphatic imine (C=N–C) groups is 1. The van der Waals surface area contributed by atoms with Crippen LogP contribution in [0.15, 0.2) is 53.5 Å². The number of aryl methyl sites for hydroxylation is 1. The zero-order chi connectivity index (χ0) is 26.3. The van der Waals surface area contributed by atoms with Gasteiger partial charge in [0.15, 0.2) is 0 Å². The zero-order valence-corrected chi connectivity index (χ0v) is 21.0. The summed E-state index contributed by atoms with van der Waals surface area (Å²) in [5.41, 5.74) is 8.97. The number of hydrogen-bond donors (Lipinski definition) is 3. The van der Waals surface area contributed by atoms with E-state index in [1.807, 2.05) is 24.3 Å². The predicted molar refractivity (Wildman–Crippen MR) is 138 cm³/mol. The van der Waals surface area contributed by atoms with Crippen molar-refractivity contribution >= 4 is 34.7 Å². The summed E-state index contributed by atoms with van der Waals surface area (Å²) in [5.74, 6) is -0.434. The highest BCUT2D eigenvalue weighted by Gasteiger charge is 2.17. The molecule has 0 fully saturated rings. The summed E-state index contributed by atoms with van der Waals surface area (Å²) in [6, 6.07) is 14.7. The van der Waals surface area contributed by atoms with Gasteiger partial charge in [-0.2, -0.15) is 4.99 Å². The highest BCUT2D eigenvalue weighted by molar-refractivity contribution is 6.06. The lowest BCUT2D eigenvalue weighted by atomic mass is 10.1. The summed E-state index contributed by atoms with van der Waals surface area (Å²) in [4.78, 5) is 43.0. The summed E-state index contributed by atoms with van der Waals surface area (Å²) in [6.07, 6.45) is 0.182. The molecule has 0 saturated carbocycles. The third-order valence-electron chi connectivity index (χ3n) is 5.17. The van der Waals surface area contributed by atoms with E-state index >= 15 is 0 Å². The molecule has 0 spiro atoms. The third kappa shape index (κ3) is 7.69. The van der Waals surface area contributed by atoms with Crippen LogP contribution in [0, 0.1) is 0 Å². The number of hydrogen-bond acceptors (Lipinski definition) is 5. The van der Waals surface area contributed by atoms with Crippen molar-refractivity contribution < 1.29 is 23.9 Å². The van der Waals surface area contributed by atoms with Crippen LogP contribution in [0.5, 0.6) is 0 Å². The van der Waals surface area contributed by atoms with Crippen molar-refractivity contribution in [1.82, 2.24) is 10.3 Å². The smallest absolute Gasteiger partial charge is 0.436 e. The zero-order valence-electron chi connectivity index (χ0n) is 21.0. The number of nitrogens with zero attached hydrogens (tertiary/aromatic N) is 1. The molecule has 3 rings (SSSR count). The standard InChI is InChI=1S/C27H32N4O5/c1-5-35-23(32)13-10-17-6-8-18(9-7-17)16-29-25(33)22-15-20-14-19(11-12-21(20)30-22)24(28)31-26(34)36-27(2,3)4/h6-9,11-12,14-15,30H,5,10,13,16H2,1-4H3,(H,29,33)(H2,28,31,34). The minimum atomic E-state index is -0.763. The van der Waals surface area contributed by atoms with Gasteiger partial charge in [-0.05, 0) is 69.5 Å². The van der Waals surface area contributed by atoms with Gasteiger partial charge in [0.05, 0.1) is 6.61 Å². The normalized spacial score (nSPS) is 11.8. The number of ether oxygens (including phenoxy) is 2. The molecule has 0 unspecified atom stereocenters. The number of esters is 1. The number of amidine groups is 1. The number of nitrogens with two attached hydrogens (primary N) is 1. The van der Waals surface area contributed by atoms with Crippen LogP contribution in [0.1, 0.15) is 61.3 Å². The van der Waals surface area contributed by atoms with Crippen LogP contribution in [-0.2, 0) is 27.2 Å². The van der Waals surface area contributed by atoms with Crippen LogP contribution in [0.3, 0.4) is 0 Å². The van der Waals surface area contributed by atoms with Crippen molar-refractivity contribution in [1.29, 1.82) is 0 Å². The summed E-state index contributed by atoms with van der Waals surface area (Å²) < 4.78 is 10.1. The number of H-pyrrole nitrogens is 1.